The molecule has 0 saturated heterocycles. The maximum absolute atomic E-state index is 13.7. The van der Waals surface area contributed by atoms with Crippen molar-refractivity contribution in [2.24, 2.45) is 11.8 Å². The first-order valence-electron chi connectivity index (χ1n) is 13.0. The minimum Gasteiger partial charge on any atom is -0.393 e. The van der Waals surface area contributed by atoms with Gasteiger partial charge in [-0.2, -0.15) is 0 Å². The summed E-state index contributed by atoms with van der Waals surface area (Å²) in [5.41, 5.74) is -1.86. The van der Waals surface area contributed by atoms with Crippen molar-refractivity contribution in [1.29, 1.82) is 0 Å². The van der Waals surface area contributed by atoms with Gasteiger partial charge < -0.3 is 20.8 Å². The normalized spacial score (nSPS) is 29.5. The van der Waals surface area contributed by atoms with Crippen LogP contribution in [0.5, 0.6) is 0 Å². The van der Waals surface area contributed by atoms with Gasteiger partial charge in [0.2, 0.25) is 5.91 Å². The molecule has 0 aliphatic heterocycles. The highest BCUT2D eigenvalue weighted by atomic mass is 35.5. The molecule has 0 aromatic heterocycles. The van der Waals surface area contributed by atoms with Gasteiger partial charge in [-0.1, -0.05) is 11.6 Å². The maximum atomic E-state index is 13.7. The lowest BCUT2D eigenvalue weighted by atomic mass is 9.72. The second-order valence-electron chi connectivity index (χ2n) is 11.0. The van der Waals surface area contributed by atoms with E-state index in [2.05, 4.69) is 10.6 Å². The fraction of sp³-hybridized carbons (Fsp3) is 0.481. The zero-order chi connectivity index (χ0) is 29.0. The number of carbonyl (C=O) groups is 2. The Kier molecular flexibility index (Phi) is 7.66. The molecule has 0 radical (unpaired) electrons. The number of amides is 2. The summed E-state index contributed by atoms with van der Waals surface area (Å²) in [6, 6.07) is 4.61. The van der Waals surface area contributed by atoms with E-state index in [1.54, 1.807) is 0 Å². The van der Waals surface area contributed by atoms with E-state index in [-0.39, 0.29) is 52.4 Å². The van der Waals surface area contributed by atoms with E-state index in [0.29, 0.717) is 37.8 Å². The van der Waals surface area contributed by atoms with Gasteiger partial charge in [0.25, 0.3) is 5.91 Å². The lowest BCUT2D eigenvalue weighted by Gasteiger charge is -2.42. The second-order valence-corrected chi connectivity index (χ2v) is 13.6. The number of nitrogens with one attached hydrogen (secondary N) is 2. The summed E-state index contributed by atoms with van der Waals surface area (Å²) < 4.78 is 67.7. The minimum atomic E-state index is -4.09. The molecule has 8 nitrogen and oxygen atoms in total. The first-order chi connectivity index (χ1) is 18.8. The van der Waals surface area contributed by atoms with Crippen molar-refractivity contribution >= 4 is 38.9 Å². The highest BCUT2D eigenvalue weighted by Gasteiger charge is 2.56. The van der Waals surface area contributed by atoms with Gasteiger partial charge in [-0.3, -0.25) is 9.59 Å². The molecular formula is C27H28ClF3N2O6S. The first kappa shape index (κ1) is 28.8. The average Bonchev–Trinajstić information content (AvgIpc) is 3.02. The number of aliphatic hydroxyl groups is 2. The fourth-order valence-electron chi connectivity index (χ4n) is 6.27. The summed E-state index contributed by atoms with van der Waals surface area (Å²) in [4.78, 5) is 25.0. The third-order valence-corrected chi connectivity index (χ3v) is 11.1. The molecule has 2 aromatic carbocycles. The predicted molar refractivity (Wildman–Crippen MR) is 139 cm³/mol. The summed E-state index contributed by atoms with van der Waals surface area (Å²) >= 11 is 6.24. The third-order valence-electron chi connectivity index (χ3n) is 8.47. The van der Waals surface area contributed by atoms with Crippen molar-refractivity contribution in [3.05, 3.63) is 58.4 Å². The molecular weight excluding hydrogens is 573 g/mol. The number of rotatable bonds is 7. The van der Waals surface area contributed by atoms with Crippen LogP contribution in [0, 0.1) is 29.3 Å². The monoisotopic (exact) mass is 600 g/mol. The van der Waals surface area contributed by atoms with E-state index in [1.807, 2.05) is 0 Å². The van der Waals surface area contributed by atoms with E-state index in [0.717, 1.165) is 6.07 Å². The number of benzene rings is 2. The van der Waals surface area contributed by atoms with Crippen molar-refractivity contribution in [1.82, 2.24) is 5.32 Å². The summed E-state index contributed by atoms with van der Waals surface area (Å²) in [6.45, 7) is 0. The van der Waals surface area contributed by atoms with E-state index < -0.39 is 62.0 Å². The van der Waals surface area contributed by atoms with Gasteiger partial charge in [-0.25, -0.2) is 21.6 Å². The predicted octanol–water partition coefficient (Wildman–Crippen LogP) is 3.73. The van der Waals surface area contributed by atoms with Crippen LogP contribution >= 0.6 is 11.6 Å². The quantitative estimate of drug-likeness (QED) is 0.358. The largest absolute Gasteiger partial charge is 0.393 e. The SMILES string of the molecule is O=C(CC1(O)C2CCC1CC(S(=O)(=O)c1cc(C(=O)Nc3cc(F)c(F)c(F)c3)ccc1Cl)C2)NC1CC(O)C1. The van der Waals surface area contributed by atoms with Crippen molar-refractivity contribution in [3.8, 4) is 0 Å². The van der Waals surface area contributed by atoms with Crippen LogP contribution in [0.25, 0.3) is 0 Å². The molecule has 2 unspecified atom stereocenters. The number of hydrogen-bond donors (Lipinski definition) is 4. The van der Waals surface area contributed by atoms with Crippen molar-refractivity contribution in [2.45, 2.75) is 72.8 Å². The number of aliphatic hydroxyl groups excluding tert-OH is 1. The Morgan fingerprint density at radius 1 is 1.00 bits per heavy atom. The maximum Gasteiger partial charge on any atom is 0.255 e. The molecule has 3 fully saturated rings. The zero-order valence-corrected chi connectivity index (χ0v) is 22.7. The van der Waals surface area contributed by atoms with E-state index in [1.165, 1.54) is 12.1 Å². The molecule has 2 amide bonds. The van der Waals surface area contributed by atoms with Gasteiger partial charge in [0, 0.05) is 29.4 Å². The molecule has 2 aromatic rings. The molecule has 4 N–H and O–H groups in total. The first-order valence-corrected chi connectivity index (χ1v) is 14.9. The van der Waals surface area contributed by atoms with Crippen LogP contribution < -0.4 is 10.6 Å². The van der Waals surface area contributed by atoms with Crippen molar-refractivity contribution < 1.29 is 41.4 Å². The Morgan fingerprint density at radius 3 is 2.17 bits per heavy atom. The van der Waals surface area contributed by atoms with E-state index in [4.69, 9.17) is 11.6 Å². The second kappa shape index (κ2) is 10.6. The van der Waals surface area contributed by atoms with E-state index >= 15 is 0 Å². The minimum absolute atomic E-state index is 0.103. The molecule has 3 aliphatic rings. The van der Waals surface area contributed by atoms with Gasteiger partial charge in [0.15, 0.2) is 27.3 Å². The lowest BCUT2D eigenvalue weighted by Crippen LogP contribution is -2.53. The van der Waals surface area contributed by atoms with Crippen LogP contribution in [0.3, 0.4) is 0 Å². The van der Waals surface area contributed by atoms with Crippen LogP contribution in [-0.2, 0) is 14.6 Å². The Bertz CT molecular complexity index is 1430. The molecule has 0 heterocycles. The van der Waals surface area contributed by atoms with Gasteiger partial charge in [-0.15, -0.1) is 0 Å². The molecule has 3 aliphatic carbocycles. The number of hydrogen-bond acceptors (Lipinski definition) is 6. The highest BCUT2D eigenvalue weighted by Crippen LogP contribution is 2.53. The summed E-state index contributed by atoms with van der Waals surface area (Å²) in [5.74, 6) is -6.77. The number of sulfone groups is 1. The number of carbonyl (C=O) groups excluding carboxylic acids is 2. The van der Waals surface area contributed by atoms with Crippen LogP contribution in [0.1, 0.15) is 55.3 Å². The number of fused-ring (bicyclic) bond motifs is 2. The van der Waals surface area contributed by atoms with Crippen molar-refractivity contribution in [2.75, 3.05) is 5.32 Å². The topological polar surface area (TPSA) is 133 Å². The van der Waals surface area contributed by atoms with Crippen LogP contribution in [-0.4, -0.2) is 53.4 Å². The van der Waals surface area contributed by atoms with E-state index in [9.17, 15) is 41.4 Å². The molecule has 13 heteroatoms. The van der Waals surface area contributed by atoms with Gasteiger partial charge in [-0.05, 0) is 68.6 Å². The lowest BCUT2D eigenvalue weighted by molar-refractivity contribution is -0.134. The smallest absolute Gasteiger partial charge is 0.255 e. The van der Waals surface area contributed by atoms with Gasteiger partial charge in [0.05, 0.1) is 33.3 Å². The van der Waals surface area contributed by atoms with Gasteiger partial charge >= 0.3 is 0 Å². The van der Waals surface area contributed by atoms with Crippen LogP contribution in [0.4, 0.5) is 18.9 Å². The third kappa shape index (κ3) is 5.34. The van der Waals surface area contributed by atoms with Crippen LogP contribution in [0.2, 0.25) is 5.02 Å². The summed E-state index contributed by atoms with van der Waals surface area (Å²) in [6.07, 6.45) is 1.67. The molecule has 5 rings (SSSR count). The Balaban J connectivity index is 1.31. The van der Waals surface area contributed by atoms with Crippen LogP contribution in [0.15, 0.2) is 35.2 Å². The fourth-order valence-corrected chi connectivity index (χ4v) is 8.67. The number of halogens is 4. The summed E-state index contributed by atoms with van der Waals surface area (Å²) in [7, 11) is -4.09. The Morgan fingerprint density at radius 2 is 1.60 bits per heavy atom. The molecule has 216 valence electrons. The van der Waals surface area contributed by atoms with Gasteiger partial charge in [0.1, 0.15) is 0 Å². The molecule has 2 bridgehead atoms. The highest BCUT2D eigenvalue weighted by molar-refractivity contribution is 7.92. The molecule has 0 spiro atoms. The Hall–Kier alpha value is -2.67. The zero-order valence-electron chi connectivity index (χ0n) is 21.2. The summed E-state index contributed by atoms with van der Waals surface area (Å²) in [5, 5.41) is 24.9. The number of anilines is 1. The molecule has 40 heavy (non-hydrogen) atoms. The molecule has 3 saturated carbocycles. The molecule has 2 atom stereocenters. The standard InChI is InChI=1S/C27H28ClF3N2O6S/c28-20-4-1-13(26(36)33-17-10-21(29)25(31)22(30)11-17)5-23(20)40(38,39)19-6-14-2-3-15(7-19)27(14,37)12-24(35)32-16-8-18(34)9-16/h1,4-5,10-11,14-16,18-19,34,37H,2-3,6-9,12H2,(H,32,35)(H,33,36). The average molecular weight is 601 g/mol. The Labute approximate surface area is 233 Å². The van der Waals surface area contributed by atoms with Crippen molar-refractivity contribution in [3.63, 3.8) is 0 Å².